The standard InChI is InChI=1S/C21H23NO6/c1-13-5-9-17(10-6-13)28-15(3)20(24)27-12-19(23)22-18-11-16(21(25)26-4)8-7-14(18)2/h5-11,15H,12H2,1-4H3,(H,22,23). The third-order valence-corrected chi connectivity index (χ3v) is 3.94. The lowest BCUT2D eigenvalue weighted by Crippen LogP contribution is -2.29. The van der Waals surface area contributed by atoms with Gasteiger partial charge in [-0.05, 0) is 50.6 Å². The zero-order valence-electron chi connectivity index (χ0n) is 16.3. The molecule has 2 aromatic rings. The number of rotatable bonds is 7. The molecule has 1 N–H and O–H groups in total. The third kappa shape index (κ3) is 5.84. The number of esters is 2. The van der Waals surface area contributed by atoms with Crippen LogP contribution in [-0.2, 0) is 19.1 Å². The SMILES string of the molecule is COC(=O)c1ccc(C)c(NC(=O)COC(=O)C(C)Oc2ccc(C)cc2)c1. The van der Waals surface area contributed by atoms with Crippen molar-refractivity contribution in [3.8, 4) is 5.75 Å². The minimum Gasteiger partial charge on any atom is -0.479 e. The second-order valence-corrected chi connectivity index (χ2v) is 6.25. The Morgan fingerprint density at radius 3 is 2.36 bits per heavy atom. The molecule has 0 radical (unpaired) electrons. The number of carbonyl (C=O) groups is 3. The van der Waals surface area contributed by atoms with Gasteiger partial charge in [0.25, 0.3) is 5.91 Å². The van der Waals surface area contributed by atoms with E-state index in [0.717, 1.165) is 11.1 Å². The van der Waals surface area contributed by atoms with Crippen LogP contribution in [0.5, 0.6) is 5.75 Å². The van der Waals surface area contributed by atoms with Gasteiger partial charge < -0.3 is 19.5 Å². The van der Waals surface area contributed by atoms with E-state index in [9.17, 15) is 14.4 Å². The van der Waals surface area contributed by atoms with Crippen LogP contribution in [0.3, 0.4) is 0 Å². The smallest absolute Gasteiger partial charge is 0.347 e. The number of methoxy groups -OCH3 is 1. The van der Waals surface area contributed by atoms with Gasteiger partial charge in [-0.2, -0.15) is 0 Å². The minimum absolute atomic E-state index is 0.306. The van der Waals surface area contributed by atoms with Crippen molar-refractivity contribution >= 4 is 23.5 Å². The second kappa shape index (κ2) is 9.55. The molecular formula is C21H23NO6. The Balaban J connectivity index is 1.88. The maximum absolute atomic E-state index is 12.1. The Kier molecular flexibility index (Phi) is 7.14. The highest BCUT2D eigenvalue weighted by Gasteiger charge is 2.18. The van der Waals surface area contributed by atoms with Gasteiger partial charge in [-0.15, -0.1) is 0 Å². The summed E-state index contributed by atoms with van der Waals surface area (Å²) >= 11 is 0. The largest absolute Gasteiger partial charge is 0.479 e. The zero-order valence-corrected chi connectivity index (χ0v) is 16.3. The number of aryl methyl sites for hydroxylation is 2. The third-order valence-electron chi connectivity index (χ3n) is 3.94. The molecule has 7 heteroatoms. The van der Waals surface area contributed by atoms with Gasteiger partial charge in [0.05, 0.1) is 12.7 Å². The number of amides is 1. The number of hydrogen-bond acceptors (Lipinski definition) is 6. The Labute approximate surface area is 163 Å². The van der Waals surface area contributed by atoms with Crippen molar-refractivity contribution in [2.45, 2.75) is 26.9 Å². The highest BCUT2D eigenvalue weighted by atomic mass is 16.6. The van der Waals surface area contributed by atoms with E-state index in [1.807, 2.05) is 19.1 Å². The summed E-state index contributed by atoms with van der Waals surface area (Å²) in [5.74, 6) is -1.16. The van der Waals surface area contributed by atoms with Crippen LogP contribution in [-0.4, -0.2) is 37.7 Å². The molecule has 0 saturated heterocycles. The monoisotopic (exact) mass is 385 g/mol. The Morgan fingerprint density at radius 1 is 1.04 bits per heavy atom. The summed E-state index contributed by atoms with van der Waals surface area (Å²) in [5.41, 5.74) is 2.57. The van der Waals surface area contributed by atoms with E-state index in [0.29, 0.717) is 17.0 Å². The number of carbonyl (C=O) groups excluding carboxylic acids is 3. The van der Waals surface area contributed by atoms with Crippen LogP contribution in [0.2, 0.25) is 0 Å². The average molecular weight is 385 g/mol. The van der Waals surface area contributed by atoms with Gasteiger partial charge >= 0.3 is 11.9 Å². The average Bonchev–Trinajstić information content (AvgIpc) is 2.68. The zero-order chi connectivity index (χ0) is 20.7. The molecule has 0 fully saturated rings. The number of benzene rings is 2. The van der Waals surface area contributed by atoms with Crippen LogP contribution in [0.4, 0.5) is 5.69 Å². The van der Waals surface area contributed by atoms with Gasteiger partial charge in [-0.25, -0.2) is 9.59 Å². The summed E-state index contributed by atoms with van der Waals surface area (Å²) in [6.45, 7) is 4.80. The van der Waals surface area contributed by atoms with E-state index in [1.165, 1.54) is 13.2 Å². The maximum Gasteiger partial charge on any atom is 0.347 e. The molecule has 0 saturated carbocycles. The highest BCUT2D eigenvalue weighted by molar-refractivity contribution is 5.96. The lowest BCUT2D eigenvalue weighted by atomic mass is 10.1. The normalized spacial score (nSPS) is 11.3. The molecular weight excluding hydrogens is 362 g/mol. The van der Waals surface area contributed by atoms with Crippen molar-refractivity contribution in [2.24, 2.45) is 0 Å². The van der Waals surface area contributed by atoms with Gasteiger partial charge in [0.1, 0.15) is 5.75 Å². The van der Waals surface area contributed by atoms with Crippen molar-refractivity contribution in [2.75, 3.05) is 19.0 Å². The first kappa shape index (κ1) is 21.0. The molecule has 0 spiro atoms. The predicted octanol–water partition coefficient (Wildman–Crippen LogP) is 3.04. The Hall–Kier alpha value is -3.35. The van der Waals surface area contributed by atoms with Crippen LogP contribution in [0.1, 0.15) is 28.4 Å². The number of nitrogens with one attached hydrogen (secondary N) is 1. The van der Waals surface area contributed by atoms with E-state index < -0.39 is 30.6 Å². The Bertz CT molecular complexity index is 860. The maximum atomic E-state index is 12.1. The van der Waals surface area contributed by atoms with E-state index in [1.54, 1.807) is 38.1 Å². The summed E-state index contributed by atoms with van der Waals surface area (Å²) in [6.07, 6.45) is -0.861. The van der Waals surface area contributed by atoms with Gasteiger partial charge in [-0.1, -0.05) is 23.8 Å². The molecule has 1 amide bonds. The van der Waals surface area contributed by atoms with E-state index in [4.69, 9.17) is 9.47 Å². The van der Waals surface area contributed by atoms with Crippen LogP contribution >= 0.6 is 0 Å². The molecule has 28 heavy (non-hydrogen) atoms. The van der Waals surface area contributed by atoms with Crippen LogP contribution < -0.4 is 10.1 Å². The molecule has 148 valence electrons. The lowest BCUT2D eigenvalue weighted by Gasteiger charge is -2.14. The molecule has 0 heterocycles. The highest BCUT2D eigenvalue weighted by Crippen LogP contribution is 2.18. The van der Waals surface area contributed by atoms with Crippen molar-refractivity contribution < 1.29 is 28.6 Å². The molecule has 0 aliphatic rings. The molecule has 1 unspecified atom stereocenters. The lowest BCUT2D eigenvalue weighted by molar-refractivity contribution is -0.153. The molecule has 2 aromatic carbocycles. The molecule has 1 atom stereocenters. The molecule has 0 aliphatic carbocycles. The first-order valence-corrected chi connectivity index (χ1v) is 8.69. The molecule has 0 aromatic heterocycles. The van der Waals surface area contributed by atoms with E-state index >= 15 is 0 Å². The first-order valence-electron chi connectivity index (χ1n) is 8.69. The van der Waals surface area contributed by atoms with Crippen LogP contribution in [0.25, 0.3) is 0 Å². The first-order chi connectivity index (χ1) is 13.3. The van der Waals surface area contributed by atoms with Gasteiger partial charge in [0, 0.05) is 5.69 Å². The number of anilines is 1. The van der Waals surface area contributed by atoms with Crippen LogP contribution in [0, 0.1) is 13.8 Å². The summed E-state index contributed by atoms with van der Waals surface area (Å²) in [7, 11) is 1.28. The summed E-state index contributed by atoms with van der Waals surface area (Å²) < 4.78 is 15.2. The van der Waals surface area contributed by atoms with Gasteiger partial charge in [-0.3, -0.25) is 4.79 Å². The number of hydrogen-bond donors (Lipinski definition) is 1. The minimum atomic E-state index is -0.861. The molecule has 2 rings (SSSR count). The summed E-state index contributed by atoms with van der Waals surface area (Å²) in [5, 5.41) is 2.62. The van der Waals surface area contributed by atoms with Crippen molar-refractivity contribution in [1.82, 2.24) is 0 Å². The van der Waals surface area contributed by atoms with Crippen LogP contribution in [0.15, 0.2) is 42.5 Å². The van der Waals surface area contributed by atoms with Crippen molar-refractivity contribution in [1.29, 1.82) is 0 Å². The van der Waals surface area contributed by atoms with E-state index in [2.05, 4.69) is 10.1 Å². The van der Waals surface area contributed by atoms with Crippen molar-refractivity contribution in [3.63, 3.8) is 0 Å². The van der Waals surface area contributed by atoms with Gasteiger partial charge in [0.15, 0.2) is 12.7 Å². The fourth-order valence-corrected chi connectivity index (χ4v) is 2.31. The van der Waals surface area contributed by atoms with Crippen molar-refractivity contribution in [3.05, 3.63) is 59.2 Å². The topological polar surface area (TPSA) is 90.9 Å². The quantitative estimate of drug-likeness (QED) is 0.737. The van der Waals surface area contributed by atoms with E-state index in [-0.39, 0.29) is 0 Å². The summed E-state index contributed by atoms with van der Waals surface area (Å²) in [6, 6.07) is 12.0. The molecule has 7 nitrogen and oxygen atoms in total. The second-order valence-electron chi connectivity index (χ2n) is 6.25. The summed E-state index contributed by atoms with van der Waals surface area (Å²) in [4.78, 5) is 35.7. The van der Waals surface area contributed by atoms with Gasteiger partial charge in [0.2, 0.25) is 0 Å². The Morgan fingerprint density at radius 2 is 1.71 bits per heavy atom. The fourth-order valence-electron chi connectivity index (χ4n) is 2.31. The predicted molar refractivity (Wildman–Crippen MR) is 103 cm³/mol. The number of ether oxygens (including phenoxy) is 3. The molecule has 0 bridgehead atoms. The fraction of sp³-hybridized carbons (Fsp3) is 0.286. The molecule has 0 aliphatic heterocycles.